The van der Waals surface area contributed by atoms with Gasteiger partial charge in [0.2, 0.25) is 11.9 Å². The Hall–Kier alpha value is -2.11. The summed E-state index contributed by atoms with van der Waals surface area (Å²) < 4.78 is 1.55. The van der Waals surface area contributed by atoms with E-state index >= 15 is 0 Å². The van der Waals surface area contributed by atoms with Gasteiger partial charge in [0.05, 0.1) is 5.69 Å². The molecule has 0 bridgehead atoms. The fraction of sp³-hybridized carbons (Fsp3) is 0.125. The SMILES string of the molecule is CNc1nc(N)n(-c2ccncc2)n1. The van der Waals surface area contributed by atoms with Crippen LogP contribution in [0.4, 0.5) is 11.9 Å². The standard InChI is InChI=1S/C8H10N6/c1-10-8-12-7(9)14(13-8)6-2-4-11-5-3-6/h2-5H,1H3,(H3,9,10,12,13). The number of rotatable bonds is 2. The molecule has 0 saturated carbocycles. The van der Waals surface area contributed by atoms with E-state index in [9.17, 15) is 0 Å². The molecule has 0 unspecified atom stereocenters. The first-order valence-electron chi connectivity index (χ1n) is 4.12. The Bertz CT molecular complexity index is 421. The van der Waals surface area contributed by atoms with Crippen LogP contribution >= 0.6 is 0 Å². The molecule has 2 aromatic heterocycles. The fourth-order valence-electron chi connectivity index (χ4n) is 1.11. The predicted molar refractivity (Wildman–Crippen MR) is 53.1 cm³/mol. The van der Waals surface area contributed by atoms with E-state index in [0.29, 0.717) is 11.9 Å². The molecule has 0 aliphatic carbocycles. The van der Waals surface area contributed by atoms with Crippen LogP contribution in [0.2, 0.25) is 0 Å². The van der Waals surface area contributed by atoms with Gasteiger partial charge in [-0.15, -0.1) is 5.10 Å². The van der Waals surface area contributed by atoms with Crippen molar-refractivity contribution in [2.75, 3.05) is 18.1 Å². The summed E-state index contributed by atoms with van der Waals surface area (Å²) in [6, 6.07) is 3.62. The molecule has 2 rings (SSSR count). The minimum Gasteiger partial charge on any atom is -0.368 e. The minimum atomic E-state index is 0.348. The summed E-state index contributed by atoms with van der Waals surface area (Å²) in [5, 5.41) is 6.96. The molecule has 0 aliphatic rings. The zero-order valence-corrected chi connectivity index (χ0v) is 7.68. The second-order valence-electron chi connectivity index (χ2n) is 2.66. The highest BCUT2D eigenvalue weighted by molar-refractivity contribution is 5.40. The number of hydrogen-bond acceptors (Lipinski definition) is 5. The maximum Gasteiger partial charge on any atom is 0.244 e. The van der Waals surface area contributed by atoms with E-state index in [1.807, 2.05) is 12.1 Å². The van der Waals surface area contributed by atoms with Crippen LogP contribution in [0.3, 0.4) is 0 Å². The summed E-state index contributed by atoms with van der Waals surface area (Å²) in [5.41, 5.74) is 6.52. The first kappa shape index (κ1) is 8.49. The largest absolute Gasteiger partial charge is 0.368 e. The van der Waals surface area contributed by atoms with Crippen LogP contribution in [0.15, 0.2) is 24.5 Å². The van der Waals surface area contributed by atoms with E-state index in [-0.39, 0.29) is 0 Å². The second-order valence-corrected chi connectivity index (χ2v) is 2.66. The number of pyridine rings is 1. The van der Waals surface area contributed by atoms with Gasteiger partial charge < -0.3 is 11.1 Å². The van der Waals surface area contributed by atoms with Gasteiger partial charge in [-0.05, 0) is 12.1 Å². The molecular formula is C8H10N6. The average molecular weight is 190 g/mol. The highest BCUT2D eigenvalue weighted by Crippen LogP contribution is 2.11. The highest BCUT2D eigenvalue weighted by Gasteiger charge is 2.06. The number of anilines is 2. The van der Waals surface area contributed by atoms with E-state index < -0.39 is 0 Å². The number of aromatic nitrogens is 4. The maximum absolute atomic E-state index is 5.68. The zero-order valence-electron chi connectivity index (χ0n) is 7.68. The lowest BCUT2D eigenvalue weighted by atomic mass is 10.4. The van der Waals surface area contributed by atoms with Gasteiger partial charge in [-0.25, -0.2) is 0 Å². The first-order valence-corrected chi connectivity index (χ1v) is 4.12. The molecule has 0 fully saturated rings. The van der Waals surface area contributed by atoms with Crippen LogP contribution in [0.25, 0.3) is 5.69 Å². The summed E-state index contributed by atoms with van der Waals surface area (Å²) in [7, 11) is 1.74. The summed E-state index contributed by atoms with van der Waals surface area (Å²) in [5.74, 6) is 0.847. The van der Waals surface area contributed by atoms with Gasteiger partial charge in [-0.1, -0.05) is 0 Å². The van der Waals surface area contributed by atoms with Crippen molar-refractivity contribution in [3.8, 4) is 5.69 Å². The Kier molecular flexibility index (Phi) is 2.02. The molecule has 6 nitrogen and oxygen atoms in total. The number of nitrogen functional groups attached to an aromatic ring is 1. The topological polar surface area (TPSA) is 81.6 Å². The average Bonchev–Trinajstić information content (AvgIpc) is 2.61. The number of nitrogens with one attached hydrogen (secondary N) is 1. The van der Waals surface area contributed by atoms with Crippen LogP contribution in [0.1, 0.15) is 0 Å². The predicted octanol–water partition coefficient (Wildman–Crippen LogP) is 0.286. The molecular weight excluding hydrogens is 180 g/mol. The van der Waals surface area contributed by atoms with Crippen LogP contribution in [0, 0.1) is 0 Å². The van der Waals surface area contributed by atoms with Crippen LogP contribution in [0.5, 0.6) is 0 Å². The Balaban J connectivity index is 2.46. The third-order valence-electron chi connectivity index (χ3n) is 1.76. The van der Waals surface area contributed by atoms with E-state index in [4.69, 9.17) is 5.73 Å². The first-order chi connectivity index (χ1) is 6.81. The molecule has 0 amide bonds. The van der Waals surface area contributed by atoms with Gasteiger partial charge in [-0.3, -0.25) is 4.98 Å². The van der Waals surface area contributed by atoms with E-state index in [1.54, 1.807) is 24.1 Å². The monoisotopic (exact) mass is 190 g/mol. The molecule has 0 atom stereocenters. The lowest BCUT2D eigenvalue weighted by molar-refractivity contribution is 0.890. The maximum atomic E-state index is 5.68. The highest BCUT2D eigenvalue weighted by atomic mass is 15.4. The molecule has 0 spiro atoms. The third kappa shape index (κ3) is 1.37. The Morgan fingerprint density at radius 3 is 2.64 bits per heavy atom. The smallest absolute Gasteiger partial charge is 0.244 e. The minimum absolute atomic E-state index is 0.348. The molecule has 0 radical (unpaired) electrons. The number of nitrogens with zero attached hydrogens (tertiary/aromatic N) is 4. The third-order valence-corrected chi connectivity index (χ3v) is 1.76. The molecule has 6 heteroatoms. The van der Waals surface area contributed by atoms with Crippen molar-refractivity contribution < 1.29 is 0 Å². The summed E-state index contributed by atoms with van der Waals surface area (Å²) in [4.78, 5) is 7.91. The molecule has 72 valence electrons. The lowest BCUT2D eigenvalue weighted by Gasteiger charge is -1.99. The zero-order chi connectivity index (χ0) is 9.97. The van der Waals surface area contributed by atoms with Crippen LogP contribution in [-0.4, -0.2) is 26.8 Å². The van der Waals surface area contributed by atoms with Gasteiger partial charge in [0, 0.05) is 19.4 Å². The number of hydrogen-bond donors (Lipinski definition) is 2. The summed E-state index contributed by atoms with van der Waals surface area (Å²) >= 11 is 0. The van der Waals surface area contributed by atoms with Gasteiger partial charge >= 0.3 is 0 Å². The number of nitrogens with two attached hydrogens (primary N) is 1. The Morgan fingerprint density at radius 1 is 1.36 bits per heavy atom. The molecule has 0 saturated heterocycles. The fourth-order valence-corrected chi connectivity index (χ4v) is 1.11. The second kappa shape index (κ2) is 3.33. The quantitative estimate of drug-likeness (QED) is 0.711. The molecule has 2 aromatic rings. The van der Waals surface area contributed by atoms with Crippen molar-refractivity contribution in [2.45, 2.75) is 0 Å². The van der Waals surface area contributed by atoms with Crippen LogP contribution in [-0.2, 0) is 0 Å². The van der Waals surface area contributed by atoms with Crippen LogP contribution < -0.4 is 11.1 Å². The molecule has 14 heavy (non-hydrogen) atoms. The molecule has 2 heterocycles. The van der Waals surface area contributed by atoms with Gasteiger partial charge in [0.1, 0.15) is 0 Å². The van der Waals surface area contributed by atoms with E-state index in [0.717, 1.165) is 5.69 Å². The van der Waals surface area contributed by atoms with Crippen molar-refractivity contribution in [1.82, 2.24) is 19.7 Å². The summed E-state index contributed by atoms with van der Waals surface area (Å²) in [6.07, 6.45) is 3.35. The molecule has 3 N–H and O–H groups in total. The van der Waals surface area contributed by atoms with Gasteiger partial charge in [0.25, 0.3) is 0 Å². The van der Waals surface area contributed by atoms with E-state index in [2.05, 4.69) is 20.4 Å². The molecule has 0 aliphatic heterocycles. The van der Waals surface area contributed by atoms with Crippen molar-refractivity contribution in [3.63, 3.8) is 0 Å². The Morgan fingerprint density at radius 2 is 2.07 bits per heavy atom. The summed E-state index contributed by atoms with van der Waals surface area (Å²) in [6.45, 7) is 0. The lowest BCUT2D eigenvalue weighted by Crippen LogP contribution is -2.02. The van der Waals surface area contributed by atoms with Gasteiger partial charge in [-0.2, -0.15) is 9.67 Å². The van der Waals surface area contributed by atoms with E-state index in [1.165, 1.54) is 0 Å². The van der Waals surface area contributed by atoms with Crippen molar-refractivity contribution >= 4 is 11.9 Å². The van der Waals surface area contributed by atoms with Crippen molar-refractivity contribution in [1.29, 1.82) is 0 Å². The molecule has 0 aromatic carbocycles. The Labute approximate surface area is 80.8 Å². The normalized spacial score (nSPS) is 10.1. The van der Waals surface area contributed by atoms with Crippen molar-refractivity contribution in [3.05, 3.63) is 24.5 Å². The van der Waals surface area contributed by atoms with Crippen molar-refractivity contribution in [2.24, 2.45) is 0 Å². The van der Waals surface area contributed by atoms with Gasteiger partial charge in [0.15, 0.2) is 0 Å².